The zero-order valence-corrected chi connectivity index (χ0v) is 9.22. The maximum atomic E-state index is 4.15. The number of pyridine rings is 1. The topological polar surface area (TPSA) is 25.2 Å². The molecule has 1 aliphatic heterocycles. The Morgan fingerprint density at radius 1 is 1.14 bits per heavy atom. The Bertz CT molecular complexity index is 346. The lowest BCUT2D eigenvalue weighted by Crippen LogP contribution is -1.89. The van der Waals surface area contributed by atoms with Crippen LogP contribution in [0, 0.1) is 0 Å². The van der Waals surface area contributed by atoms with E-state index in [1.165, 1.54) is 9.80 Å². The van der Waals surface area contributed by atoms with Gasteiger partial charge in [-0.05, 0) is 29.5 Å². The van der Waals surface area contributed by atoms with Crippen molar-refractivity contribution in [1.29, 1.82) is 0 Å². The van der Waals surface area contributed by atoms with E-state index in [-0.39, 0.29) is 0 Å². The van der Waals surface area contributed by atoms with E-state index in [0.717, 1.165) is 13.0 Å². The van der Waals surface area contributed by atoms with Crippen molar-refractivity contribution >= 4 is 27.8 Å². The van der Waals surface area contributed by atoms with Crippen LogP contribution in [0.15, 0.2) is 45.4 Å². The van der Waals surface area contributed by atoms with Gasteiger partial charge in [-0.2, -0.15) is 0 Å². The number of dihydropyridines is 1. The van der Waals surface area contributed by atoms with Crippen molar-refractivity contribution in [3.05, 3.63) is 35.5 Å². The molecular weight excluding hydrogens is 212 g/mol. The van der Waals surface area contributed by atoms with E-state index in [9.17, 15) is 0 Å². The summed E-state index contributed by atoms with van der Waals surface area (Å²) >= 11 is 0. The Morgan fingerprint density at radius 2 is 2.00 bits per heavy atom. The summed E-state index contributed by atoms with van der Waals surface area (Å²) in [7, 11) is 3.58. The fraction of sp³-hybridized carbons (Fsp3) is 0.200. The predicted octanol–water partition coefficient (Wildman–Crippen LogP) is 3.18. The van der Waals surface area contributed by atoms with Crippen LogP contribution < -0.4 is 0 Å². The summed E-state index contributed by atoms with van der Waals surface area (Å²) in [4.78, 5) is 10.8. The lowest BCUT2D eigenvalue weighted by Gasteiger charge is -2.06. The van der Waals surface area contributed by atoms with Gasteiger partial charge < -0.3 is 0 Å². The zero-order valence-electron chi connectivity index (χ0n) is 7.59. The SMILES string of the molecule is C1=NCCC(SSc2ccncc2)=C1. The van der Waals surface area contributed by atoms with Gasteiger partial charge in [0.1, 0.15) is 0 Å². The minimum Gasteiger partial charge on any atom is -0.293 e. The average Bonchev–Trinajstić information content (AvgIpc) is 2.29. The summed E-state index contributed by atoms with van der Waals surface area (Å²) in [5.74, 6) is 0. The Balaban J connectivity index is 1.88. The first-order chi connectivity index (χ1) is 6.95. The minimum absolute atomic E-state index is 0.926. The van der Waals surface area contributed by atoms with Gasteiger partial charge in [-0.25, -0.2) is 0 Å². The molecule has 0 N–H and O–H groups in total. The molecule has 0 amide bonds. The first-order valence-corrected chi connectivity index (χ1v) is 6.54. The second-order valence-corrected chi connectivity index (χ2v) is 5.12. The van der Waals surface area contributed by atoms with Gasteiger partial charge in [0.2, 0.25) is 0 Å². The van der Waals surface area contributed by atoms with Crippen LogP contribution in [0.25, 0.3) is 0 Å². The highest BCUT2D eigenvalue weighted by Gasteiger charge is 2.02. The molecule has 72 valence electrons. The second-order valence-electron chi connectivity index (χ2n) is 2.79. The summed E-state index contributed by atoms with van der Waals surface area (Å²) in [6.07, 6.45) is 8.68. The van der Waals surface area contributed by atoms with E-state index in [2.05, 4.69) is 16.1 Å². The van der Waals surface area contributed by atoms with E-state index >= 15 is 0 Å². The number of aromatic nitrogens is 1. The molecule has 1 aliphatic rings. The monoisotopic (exact) mass is 222 g/mol. The van der Waals surface area contributed by atoms with Crippen LogP contribution in [0.2, 0.25) is 0 Å². The maximum absolute atomic E-state index is 4.15. The summed E-state index contributed by atoms with van der Waals surface area (Å²) in [6, 6.07) is 4.05. The summed E-state index contributed by atoms with van der Waals surface area (Å²) in [6.45, 7) is 0.926. The van der Waals surface area contributed by atoms with Crippen LogP contribution in [-0.2, 0) is 0 Å². The Morgan fingerprint density at radius 3 is 2.71 bits per heavy atom. The standard InChI is InChI=1S/C10H10N2S2/c1-5-11-6-2-9(1)13-14-10-3-7-12-8-4-10/h1-3,5-7H,4,8H2. The van der Waals surface area contributed by atoms with E-state index in [1.54, 1.807) is 10.8 Å². The Hall–Kier alpha value is -0.740. The Labute approximate surface area is 91.3 Å². The number of nitrogens with zero attached hydrogens (tertiary/aromatic N) is 2. The molecule has 0 bridgehead atoms. The molecule has 0 radical (unpaired) electrons. The van der Waals surface area contributed by atoms with Gasteiger partial charge in [-0.3, -0.25) is 9.98 Å². The molecule has 2 rings (SSSR count). The molecule has 1 aromatic heterocycles. The van der Waals surface area contributed by atoms with Gasteiger partial charge in [-0.1, -0.05) is 21.6 Å². The van der Waals surface area contributed by atoms with Crippen LogP contribution in [0.1, 0.15) is 6.42 Å². The van der Waals surface area contributed by atoms with Gasteiger partial charge in [0.25, 0.3) is 0 Å². The van der Waals surface area contributed by atoms with Gasteiger partial charge >= 0.3 is 0 Å². The third kappa shape index (κ3) is 2.89. The minimum atomic E-state index is 0.926. The number of hydrogen-bond acceptors (Lipinski definition) is 4. The highest BCUT2D eigenvalue weighted by molar-refractivity contribution is 8.78. The first kappa shape index (κ1) is 9.80. The maximum Gasteiger partial charge on any atom is 0.0435 e. The molecular formula is C10H10N2S2. The van der Waals surface area contributed by atoms with Crippen molar-refractivity contribution < 1.29 is 0 Å². The lowest BCUT2D eigenvalue weighted by atomic mass is 10.3. The van der Waals surface area contributed by atoms with E-state index in [0.29, 0.717) is 0 Å². The largest absolute Gasteiger partial charge is 0.293 e. The van der Waals surface area contributed by atoms with Crippen molar-refractivity contribution in [2.75, 3.05) is 6.54 Å². The smallest absolute Gasteiger partial charge is 0.0435 e. The van der Waals surface area contributed by atoms with E-state index in [4.69, 9.17) is 0 Å². The molecule has 0 saturated carbocycles. The second kappa shape index (κ2) is 5.22. The molecule has 0 aromatic carbocycles. The third-order valence-corrected chi connectivity index (χ3v) is 4.32. The molecule has 0 unspecified atom stereocenters. The van der Waals surface area contributed by atoms with Gasteiger partial charge in [0, 0.05) is 30.0 Å². The number of rotatable bonds is 3. The summed E-state index contributed by atoms with van der Waals surface area (Å²) in [5, 5.41) is 0. The average molecular weight is 222 g/mol. The highest BCUT2D eigenvalue weighted by atomic mass is 33.1. The zero-order chi connectivity index (χ0) is 9.64. The van der Waals surface area contributed by atoms with Gasteiger partial charge in [0.05, 0.1) is 0 Å². The molecule has 0 saturated heterocycles. The molecule has 2 heterocycles. The number of aliphatic imine (C=N–C) groups is 1. The highest BCUT2D eigenvalue weighted by Crippen LogP contribution is 2.38. The molecule has 0 atom stereocenters. The van der Waals surface area contributed by atoms with Gasteiger partial charge in [-0.15, -0.1) is 0 Å². The third-order valence-electron chi connectivity index (χ3n) is 1.75. The molecule has 1 aromatic rings. The number of allylic oxidation sites excluding steroid dienone is 1. The molecule has 2 nitrogen and oxygen atoms in total. The molecule has 4 heteroatoms. The fourth-order valence-corrected chi connectivity index (χ4v) is 3.12. The van der Waals surface area contributed by atoms with Crippen molar-refractivity contribution in [2.45, 2.75) is 11.3 Å². The quantitative estimate of drug-likeness (QED) is 0.734. The van der Waals surface area contributed by atoms with Crippen LogP contribution in [0.5, 0.6) is 0 Å². The van der Waals surface area contributed by atoms with Gasteiger partial charge in [0.15, 0.2) is 0 Å². The molecule has 0 spiro atoms. The van der Waals surface area contributed by atoms with Crippen molar-refractivity contribution in [3.63, 3.8) is 0 Å². The summed E-state index contributed by atoms with van der Waals surface area (Å²) in [5.41, 5.74) is 0. The molecule has 0 fully saturated rings. The van der Waals surface area contributed by atoms with Crippen LogP contribution >= 0.6 is 21.6 Å². The van der Waals surface area contributed by atoms with Crippen molar-refractivity contribution in [2.24, 2.45) is 4.99 Å². The first-order valence-electron chi connectivity index (χ1n) is 4.39. The Kier molecular flexibility index (Phi) is 3.65. The fourth-order valence-electron chi connectivity index (χ4n) is 1.03. The molecule has 0 aliphatic carbocycles. The van der Waals surface area contributed by atoms with E-state index < -0.39 is 0 Å². The predicted molar refractivity (Wildman–Crippen MR) is 63.7 cm³/mol. The number of hydrogen-bond donors (Lipinski definition) is 0. The van der Waals surface area contributed by atoms with Crippen LogP contribution in [-0.4, -0.2) is 17.7 Å². The van der Waals surface area contributed by atoms with Crippen molar-refractivity contribution in [1.82, 2.24) is 4.98 Å². The lowest BCUT2D eigenvalue weighted by molar-refractivity contribution is 0.991. The van der Waals surface area contributed by atoms with E-state index in [1.807, 2.05) is 41.5 Å². The van der Waals surface area contributed by atoms with Crippen molar-refractivity contribution in [3.8, 4) is 0 Å². The summed E-state index contributed by atoms with van der Waals surface area (Å²) < 4.78 is 0. The van der Waals surface area contributed by atoms with Crippen LogP contribution in [0.3, 0.4) is 0 Å². The molecule has 14 heavy (non-hydrogen) atoms. The normalized spacial score (nSPS) is 15.3. The van der Waals surface area contributed by atoms with Crippen LogP contribution in [0.4, 0.5) is 0 Å².